The van der Waals surface area contributed by atoms with Crippen molar-refractivity contribution in [3.05, 3.63) is 29.8 Å². The van der Waals surface area contributed by atoms with Crippen molar-refractivity contribution in [3.8, 4) is 5.75 Å². The van der Waals surface area contributed by atoms with Crippen LogP contribution in [0.4, 0.5) is 13.2 Å². The second-order valence-corrected chi connectivity index (χ2v) is 4.45. The molecule has 1 rings (SSSR count). The molecule has 0 heterocycles. The minimum atomic E-state index is -4.75. The van der Waals surface area contributed by atoms with Gasteiger partial charge in [0.1, 0.15) is 11.8 Å². The summed E-state index contributed by atoms with van der Waals surface area (Å²) in [5, 5.41) is 0. The molecule has 118 valence electrons. The van der Waals surface area contributed by atoms with Gasteiger partial charge < -0.3 is 20.1 Å². The number of ether oxygens (including phenoxy) is 2. The predicted molar refractivity (Wildman–Crippen MR) is 69.5 cm³/mol. The van der Waals surface area contributed by atoms with Gasteiger partial charge in [-0.3, -0.25) is 4.79 Å². The van der Waals surface area contributed by atoms with E-state index in [9.17, 15) is 18.0 Å². The molecule has 8 heteroatoms. The predicted octanol–water partition coefficient (Wildman–Crippen LogP) is 1.52. The molecule has 1 unspecified atom stereocenters. The van der Waals surface area contributed by atoms with E-state index in [1.54, 1.807) is 6.07 Å². The highest BCUT2D eigenvalue weighted by molar-refractivity contribution is 5.81. The molecule has 1 amide bonds. The number of rotatable bonds is 6. The van der Waals surface area contributed by atoms with E-state index in [1.165, 1.54) is 37.3 Å². The topological polar surface area (TPSA) is 64.8 Å². The van der Waals surface area contributed by atoms with E-state index in [1.807, 2.05) is 0 Å². The fraction of sp³-hybridized carbons (Fsp3) is 0.462. The van der Waals surface area contributed by atoms with Gasteiger partial charge in [-0.25, -0.2) is 0 Å². The Morgan fingerprint density at radius 2 is 2.10 bits per heavy atom. The Kier molecular flexibility index (Phi) is 5.98. The summed E-state index contributed by atoms with van der Waals surface area (Å²) in [5.41, 5.74) is 6.10. The standard InChI is InChI=1S/C13H17F3N2O3/c1-18(12(19)11(17)8-20-2)7-9-4-3-5-10(6-9)21-13(14,15)16/h3-6,11H,7-8,17H2,1-2H3. The lowest BCUT2D eigenvalue weighted by Gasteiger charge is -2.21. The van der Waals surface area contributed by atoms with E-state index in [4.69, 9.17) is 10.5 Å². The number of nitrogens with two attached hydrogens (primary N) is 1. The number of benzene rings is 1. The van der Waals surface area contributed by atoms with Gasteiger partial charge >= 0.3 is 6.36 Å². The number of carbonyl (C=O) groups is 1. The Balaban J connectivity index is 2.70. The number of halogens is 3. The maximum atomic E-state index is 12.1. The fourth-order valence-corrected chi connectivity index (χ4v) is 1.73. The van der Waals surface area contributed by atoms with Crippen molar-refractivity contribution in [2.75, 3.05) is 20.8 Å². The van der Waals surface area contributed by atoms with Crippen LogP contribution in [-0.2, 0) is 16.1 Å². The minimum Gasteiger partial charge on any atom is -0.406 e. The summed E-state index contributed by atoms with van der Waals surface area (Å²) in [7, 11) is 2.93. The van der Waals surface area contributed by atoms with Gasteiger partial charge in [0.25, 0.3) is 0 Å². The average Bonchev–Trinajstić information content (AvgIpc) is 2.36. The molecular formula is C13H17F3N2O3. The molecule has 1 aromatic carbocycles. The zero-order chi connectivity index (χ0) is 16.0. The quantitative estimate of drug-likeness (QED) is 0.865. The largest absolute Gasteiger partial charge is 0.573 e. The lowest BCUT2D eigenvalue weighted by Crippen LogP contribution is -2.44. The van der Waals surface area contributed by atoms with E-state index >= 15 is 0 Å². The summed E-state index contributed by atoms with van der Waals surface area (Å²) in [5.74, 6) is -0.693. The Bertz CT molecular complexity index is 480. The van der Waals surface area contributed by atoms with Gasteiger partial charge in [-0.05, 0) is 17.7 Å². The van der Waals surface area contributed by atoms with E-state index in [2.05, 4.69) is 4.74 Å². The lowest BCUT2D eigenvalue weighted by molar-refractivity contribution is -0.274. The molecule has 0 bridgehead atoms. The molecule has 0 aliphatic carbocycles. The molecule has 1 aromatic rings. The second-order valence-electron chi connectivity index (χ2n) is 4.45. The lowest BCUT2D eigenvalue weighted by atomic mass is 10.2. The van der Waals surface area contributed by atoms with E-state index in [0.717, 1.165) is 0 Å². The van der Waals surface area contributed by atoms with Crippen molar-refractivity contribution < 1.29 is 27.4 Å². The van der Waals surface area contributed by atoms with Crippen molar-refractivity contribution in [1.29, 1.82) is 0 Å². The summed E-state index contributed by atoms with van der Waals surface area (Å²) in [6.45, 7) is 0.186. The molecule has 0 fully saturated rings. The highest BCUT2D eigenvalue weighted by atomic mass is 19.4. The van der Waals surface area contributed by atoms with Crippen molar-refractivity contribution in [3.63, 3.8) is 0 Å². The number of likely N-dealkylation sites (N-methyl/N-ethyl adjacent to an activating group) is 1. The summed E-state index contributed by atoms with van der Waals surface area (Å²) < 4.78 is 45.0. The zero-order valence-corrected chi connectivity index (χ0v) is 11.7. The van der Waals surface area contributed by atoms with Gasteiger partial charge in [-0.2, -0.15) is 0 Å². The summed E-state index contributed by atoms with van der Waals surface area (Å²) in [6.07, 6.45) is -4.75. The van der Waals surface area contributed by atoms with Gasteiger partial charge in [0, 0.05) is 20.7 Å². The van der Waals surface area contributed by atoms with Crippen LogP contribution in [-0.4, -0.2) is 44.0 Å². The summed E-state index contributed by atoms with van der Waals surface area (Å²) in [4.78, 5) is 13.2. The third kappa shape index (κ3) is 6.01. The van der Waals surface area contributed by atoms with E-state index < -0.39 is 12.4 Å². The first kappa shape index (κ1) is 17.3. The normalized spacial score (nSPS) is 12.9. The molecule has 0 aliphatic rings. The first-order valence-electron chi connectivity index (χ1n) is 6.07. The third-order valence-electron chi connectivity index (χ3n) is 2.59. The third-order valence-corrected chi connectivity index (χ3v) is 2.59. The number of nitrogens with zero attached hydrogens (tertiary/aromatic N) is 1. The number of hydrogen-bond donors (Lipinski definition) is 1. The molecule has 0 radical (unpaired) electrons. The smallest absolute Gasteiger partial charge is 0.406 e. The molecule has 0 saturated carbocycles. The van der Waals surface area contributed by atoms with Crippen LogP contribution in [0.2, 0.25) is 0 Å². The number of amides is 1. The molecule has 2 N–H and O–H groups in total. The van der Waals surface area contributed by atoms with Gasteiger partial charge in [0.05, 0.1) is 6.61 Å². The zero-order valence-electron chi connectivity index (χ0n) is 11.7. The monoisotopic (exact) mass is 306 g/mol. The summed E-state index contributed by atoms with van der Waals surface area (Å²) >= 11 is 0. The summed E-state index contributed by atoms with van der Waals surface area (Å²) in [6, 6.07) is 4.61. The molecular weight excluding hydrogens is 289 g/mol. The number of methoxy groups -OCH3 is 1. The minimum absolute atomic E-state index is 0.0698. The second kappa shape index (κ2) is 7.28. The van der Waals surface area contributed by atoms with Crippen molar-refractivity contribution in [2.24, 2.45) is 5.73 Å². The fourth-order valence-electron chi connectivity index (χ4n) is 1.73. The Morgan fingerprint density at radius 3 is 2.67 bits per heavy atom. The first-order chi connectivity index (χ1) is 9.73. The highest BCUT2D eigenvalue weighted by Crippen LogP contribution is 2.23. The Morgan fingerprint density at radius 1 is 1.43 bits per heavy atom. The molecule has 21 heavy (non-hydrogen) atoms. The van der Waals surface area contributed by atoms with Crippen molar-refractivity contribution in [2.45, 2.75) is 18.9 Å². The van der Waals surface area contributed by atoms with Crippen LogP contribution in [0.1, 0.15) is 5.56 Å². The van der Waals surface area contributed by atoms with Crippen LogP contribution in [0.3, 0.4) is 0 Å². The first-order valence-corrected chi connectivity index (χ1v) is 6.07. The van der Waals surface area contributed by atoms with Crippen LogP contribution < -0.4 is 10.5 Å². The van der Waals surface area contributed by atoms with Crippen LogP contribution in [0.15, 0.2) is 24.3 Å². The SMILES string of the molecule is COCC(N)C(=O)N(C)Cc1cccc(OC(F)(F)F)c1. The van der Waals surface area contributed by atoms with Crippen LogP contribution in [0, 0.1) is 0 Å². The Labute approximate surface area is 120 Å². The van der Waals surface area contributed by atoms with E-state index in [0.29, 0.717) is 5.56 Å². The van der Waals surface area contributed by atoms with Crippen molar-refractivity contribution in [1.82, 2.24) is 4.90 Å². The van der Waals surface area contributed by atoms with Crippen LogP contribution in [0.25, 0.3) is 0 Å². The molecule has 5 nitrogen and oxygen atoms in total. The molecule has 0 aliphatic heterocycles. The number of hydrogen-bond acceptors (Lipinski definition) is 4. The highest BCUT2D eigenvalue weighted by Gasteiger charge is 2.31. The Hall–Kier alpha value is -1.80. The van der Waals surface area contributed by atoms with Gasteiger partial charge in [0.15, 0.2) is 0 Å². The molecule has 0 spiro atoms. The number of alkyl halides is 3. The average molecular weight is 306 g/mol. The van der Waals surface area contributed by atoms with Gasteiger partial charge in [-0.15, -0.1) is 13.2 Å². The maximum Gasteiger partial charge on any atom is 0.573 e. The molecule has 0 saturated heterocycles. The molecule has 1 atom stereocenters. The maximum absolute atomic E-state index is 12.1. The van der Waals surface area contributed by atoms with E-state index in [-0.39, 0.29) is 24.8 Å². The van der Waals surface area contributed by atoms with Crippen LogP contribution in [0.5, 0.6) is 5.75 Å². The molecule has 0 aromatic heterocycles. The van der Waals surface area contributed by atoms with Crippen LogP contribution >= 0.6 is 0 Å². The van der Waals surface area contributed by atoms with Crippen molar-refractivity contribution >= 4 is 5.91 Å². The van der Waals surface area contributed by atoms with Gasteiger partial charge in [-0.1, -0.05) is 12.1 Å². The number of carbonyl (C=O) groups excluding carboxylic acids is 1. The van der Waals surface area contributed by atoms with Gasteiger partial charge in [0.2, 0.25) is 5.91 Å².